The molecule has 0 radical (unpaired) electrons. The molecule has 188 valence electrons. The summed E-state index contributed by atoms with van der Waals surface area (Å²) in [6.07, 6.45) is 20.6. The van der Waals surface area contributed by atoms with Gasteiger partial charge in [-0.15, -0.1) is 10.2 Å². The third-order valence-electron chi connectivity index (χ3n) is 6.19. The van der Waals surface area contributed by atoms with Gasteiger partial charge in [-0.2, -0.15) is 0 Å². The molecule has 3 rings (SSSR count). The molecule has 0 saturated carbocycles. The van der Waals surface area contributed by atoms with E-state index in [-0.39, 0.29) is 5.91 Å². The quantitative estimate of drug-likeness (QED) is 0.213. The molecule has 1 amide bonds. The Labute approximate surface area is 209 Å². The minimum absolute atomic E-state index is 0.0535. The van der Waals surface area contributed by atoms with Crippen LogP contribution in [0.3, 0.4) is 0 Å². The van der Waals surface area contributed by atoms with Crippen molar-refractivity contribution in [1.29, 1.82) is 0 Å². The first kappa shape index (κ1) is 26.5. The fourth-order valence-electron chi connectivity index (χ4n) is 4.20. The van der Waals surface area contributed by atoms with Gasteiger partial charge in [-0.25, -0.2) is 4.68 Å². The third kappa shape index (κ3) is 9.23. The minimum atomic E-state index is -0.0535. The van der Waals surface area contributed by atoms with Crippen molar-refractivity contribution in [2.75, 3.05) is 5.43 Å². The molecule has 0 aliphatic rings. The maximum Gasteiger partial charge on any atom is 0.238 e. The standard InChI is InChI=1S/C28H40N6O/c1-2-3-4-5-6-7-8-9-10-11-12-13-14-21-26(35)33-34-27(24-19-15-17-22-29-24)31-32-28(34)25-20-16-18-23-30-25/h15-20,22-23H,2-14,21H2,1H3,(H,33,35). The normalized spacial score (nSPS) is 11.0. The molecule has 0 aliphatic carbocycles. The summed E-state index contributed by atoms with van der Waals surface area (Å²) in [5, 5.41) is 8.56. The van der Waals surface area contributed by atoms with Gasteiger partial charge in [0.05, 0.1) is 0 Å². The Kier molecular flexibility index (Phi) is 11.9. The fraction of sp³-hybridized carbons (Fsp3) is 0.536. The summed E-state index contributed by atoms with van der Waals surface area (Å²) in [4.78, 5) is 21.5. The van der Waals surface area contributed by atoms with Crippen LogP contribution in [0.1, 0.15) is 96.8 Å². The van der Waals surface area contributed by atoms with Crippen LogP contribution in [0.15, 0.2) is 48.8 Å². The summed E-state index contributed by atoms with van der Waals surface area (Å²) < 4.78 is 1.61. The van der Waals surface area contributed by atoms with E-state index in [9.17, 15) is 4.79 Å². The van der Waals surface area contributed by atoms with Crippen LogP contribution in [0.2, 0.25) is 0 Å². The highest BCUT2D eigenvalue weighted by molar-refractivity contribution is 5.84. The Morgan fingerprint density at radius 1 is 0.686 bits per heavy atom. The second-order valence-corrected chi connectivity index (χ2v) is 9.14. The Morgan fingerprint density at radius 2 is 1.14 bits per heavy atom. The minimum Gasteiger partial charge on any atom is -0.273 e. The number of carbonyl (C=O) groups is 1. The smallest absolute Gasteiger partial charge is 0.238 e. The molecule has 0 fully saturated rings. The average molecular weight is 477 g/mol. The Bertz CT molecular complexity index is 917. The average Bonchev–Trinajstić information content (AvgIpc) is 3.31. The van der Waals surface area contributed by atoms with E-state index >= 15 is 0 Å². The van der Waals surface area contributed by atoms with Crippen LogP contribution < -0.4 is 5.43 Å². The van der Waals surface area contributed by atoms with Crippen molar-refractivity contribution >= 4 is 5.91 Å². The summed E-state index contributed by atoms with van der Waals surface area (Å²) in [5.41, 5.74) is 4.26. The van der Waals surface area contributed by atoms with E-state index in [0.29, 0.717) is 29.5 Å². The molecule has 0 spiro atoms. The monoisotopic (exact) mass is 476 g/mol. The van der Waals surface area contributed by atoms with E-state index < -0.39 is 0 Å². The molecule has 0 bridgehead atoms. The predicted molar refractivity (Wildman–Crippen MR) is 141 cm³/mol. The molecule has 0 atom stereocenters. The van der Waals surface area contributed by atoms with Crippen molar-refractivity contribution in [2.24, 2.45) is 0 Å². The number of pyridine rings is 2. The number of rotatable bonds is 17. The van der Waals surface area contributed by atoms with E-state index in [0.717, 1.165) is 12.8 Å². The molecule has 7 heteroatoms. The third-order valence-corrected chi connectivity index (χ3v) is 6.19. The molecule has 3 heterocycles. The second-order valence-electron chi connectivity index (χ2n) is 9.14. The lowest BCUT2D eigenvalue weighted by Gasteiger charge is -2.11. The van der Waals surface area contributed by atoms with Gasteiger partial charge in [0, 0.05) is 18.8 Å². The number of hydrogen-bond donors (Lipinski definition) is 1. The summed E-state index contributed by atoms with van der Waals surface area (Å²) in [6.45, 7) is 2.27. The van der Waals surface area contributed by atoms with Gasteiger partial charge < -0.3 is 0 Å². The largest absolute Gasteiger partial charge is 0.273 e. The SMILES string of the molecule is CCCCCCCCCCCCCCCC(=O)Nn1c(-c2ccccn2)nnc1-c1ccccn1. The number of amides is 1. The first-order valence-corrected chi connectivity index (χ1v) is 13.4. The molecule has 0 aliphatic heterocycles. The highest BCUT2D eigenvalue weighted by atomic mass is 16.2. The molecule has 1 N–H and O–H groups in total. The van der Waals surface area contributed by atoms with Crippen molar-refractivity contribution in [3.8, 4) is 23.0 Å². The topological polar surface area (TPSA) is 85.6 Å². The van der Waals surface area contributed by atoms with Gasteiger partial charge in [0.1, 0.15) is 11.4 Å². The van der Waals surface area contributed by atoms with Crippen LogP contribution >= 0.6 is 0 Å². The van der Waals surface area contributed by atoms with Crippen molar-refractivity contribution in [3.63, 3.8) is 0 Å². The molecular weight excluding hydrogens is 436 g/mol. The van der Waals surface area contributed by atoms with Crippen molar-refractivity contribution in [1.82, 2.24) is 24.8 Å². The van der Waals surface area contributed by atoms with Crippen molar-refractivity contribution in [2.45, 2.75) is 96.8 Å². The van der Waals surface area contributed by atoms with Gasteiger partial charge in [-0.05, 0) is 30.7 Å². The molecule has 0 unspecified atom stereocenters. The number of hydrogen-bond acceptors (Lipinski definition) is 5. The van der Waals surface area contributed by atoms with E-state index in [2.05, 4.69) is 32.5 Å². The summed E-state index contributed by atoms with van der Waals surface area (Å²) >= 11 is 0. The highest BCUT2D eigenvalue weighted by Gasteiger charge is 2.18. The van der Waals surface area contributed by atoms with Crippen LogP contribution in [-0.4, -0.2) is 30.7 Å². The summed E-state index contributed by atoms with van der Waals surface area (Å²) in [7, 11) is 0. The summed E-state index contributed by atoms with van der Waals surface area (Å²) in [6, 6.07) is 11.2. The molecule has 7 nitrogen and oxygen atoms in total. The van der Waals surface area contributed by atoms with Crippen LogP contribution in [0.4, 0.5) is 0 Å². The maximum atomic E-state index is 12.8. The van der Waals surface area contributed by atoms with Gasteiger partial charge in [0.25, 0.3) is 0 Å². The molecule has 3 aromatic rings. The van der Waals surface area contributed by atoms with Gasteiger partial charge in [-0.1, -0.05) is 96.1 Å². The molecule has 35 heavy (non-hydrogen) atoms. The lowest BCUT2D eigenvalue weighted by molar-refractivity contribution is -0.117. The lowest BCUT2D eigenvalue weighted by Crippen LogP contribution is -2.24. The molecular formula is C28H40N6O. The van der Waals surface area contributed by atoms with E-state index in [1.807, 2.05) is 36.4 Å². The van der Waals surface area contributed by atoms with Crippen molar-refractivity contribution < 1.29 is 4.79 Å². The number of carbonyl (C=O) groups excluding carboxylic acids is 1. The Morgan fingerprint density at radius 3 is 1.57 bits per heavy atom. The zero-order chi connectivity index (χ0) is 24.6. The number of unbranched alkanes of at least 4 members (excludes halogenated alkanes) is 12. The van der Waals surface area contributed by atoms with Crippen molar-refractivity contribution in [3.05, 3.63) is 48.8 Å². The Balaban J connectivity index is 1.39. The van der Waals surface area contributed by atoms with Crippen LogP contribution in [0.5, 0.6) is 0 Å². The second kappa shape index (κ2) is 15.7. The van der Waals surface area contributed by atoms with E-state index in [1.54, 1.807) is 17.1 Å². The molecule has 3 aromatic heterocycles. The Hall–Kier alpha value is -3.09. The van der Waals surface area contributed by atoms with Gasteiger partial charge >= 0.3 is 0 Å². The van der Waals surface area contributed by atoms with E-state index in [4.69, 9.17) is 0 Å². The molecule has 0 saturated heterocycles. The zero-order valence-corrected chi connectivity index (χ0v) is 21.2. The highest BCUT2D eigenvalue weighted by Crippen LogP contribution is 2.21. The number of nitrogens with zero attached hydrogens (tertiary/aromatic N) is 5. The van der Waals surface area contributed by atoms with E-state index in [1.165, 1.54) is 70.6 Å². The fourth-order valence-corrected chi connectivity index (χ4v) is 4.20. The first-order chi connectivity index (χ1) is 17.3. The lowest BCUT2D eigenvalue weighted by atomic mass is 10.0. The maximum absolute atomic E-state index is 12.8. The zero-order valence-electron chi connectivity index (χ0n) is 21.2. The van der Waals surface area contributed by atoms with Gasteiger partial charge in [-0.3, -0.25) is 20.2 Å². The molecule has 0 aromatic carbocycles. The first-order valence-electron chi connectivity index (χ1n) is 13.4. The van der Waals surface area contributed by atoms with Gasteiger partial charge in [0.2, 0.25) is 17.6 Å². The van der Waals surface area contributed by atoms with Gasteiger partial charge in [0.15, 0.2) is 0 Å². The number of nitrogens with one attached hydrogen (secondary N) is 1. The summed E-state index contributed by atoms with van der Waals surface area (Å²) in [5.74, 6) is 0.928. The van der Waals surface area contributed by atoms with Crippen LogP contribution in [0.25, 0.3) is 23.0 Å². The van der Waals surface area contributed by atoms with Crippen LogP contribution in [-0.2, 0) is 4.79 Å². The van der Waals surface area contributed by atoms with Crippen LogP contribution in [0, 0.1) is 0 Å². The number of aromatic nitrogens is 5. The predicted octanol–water partition coefficient (Wildman–Crippen LogP) is 6.95.